The minimum Gasteiger partial charge on any atom is -0.492 e. The SMILES string of the molecule is CCC(=O)NCCOc1cccc(C(C)(C)C)c1. The predicted octanol–water partition coefficient (Wildman–Crippen LogP) is 2.89. The molecule has 0 heterocycles. The molecule has 0 aromatic heterocycles. The molecule has 1 N–H and O–H groups in total. The maximum atomic E-state index is 11.0. The van der Waals surface area contributed by atoms with Crippen LogP contribution in [0.25, 0.3) is 0 Å². The van der Waals surface area contributed by atoms with Gasteiger partial charge in [-0.3, -0.25) is 4.79 Å². The molecule has 0 aliphatic heterocycles. The van der Waals surface area contributed by atoms with Gasteiger partial charge in [-0.15, -0.1) is 0 Å². The normalized spacial score (nSPS) is 11.1. The highest BCUT2D eigenvalue weighted by atomic mass is 16.5. The molecule has 0 radical (unpaired) electrons. The van der Waals surface area contributed by atoms with Crippen molar-refractivity contribution in [3.63, 3.8) is 0 Å². The van der Waals surface area contributed by atoms with Crippen LogP contribution in [0.4, 0.5) is 0 Å². The van der Waals surface area contributed by atoms with Crippen molar-refractivity contribution in [3.8, 4) is 5.75 Å². The second-order valence-electron chi connectivity index (χ2n) is 5.33. The van der Waals surface area contributed by atoms with Crippen LogP contribution in [0.2, 0.25) is 0 Å². The van der Waals surface area contributed by atoms with Crippen LogP contribution in [0.3, 0.4) is 0 Å². The van der Waals surface area contributed by atoms with Crippen molar-refractivity contribution in [2.45, 2.75) is 39.5 Å². The second-order valence-corrected chi connectivity index (χ2v) is 5.33. The molecule has 0 saturated carbocycles. The third-order valence-corrected chi connectivity index (χ3v) is 2.71. The Kier molecular flexibility index (Phi) is 5.20. The zero-order valence-electron chi connectivity index (χ0n) is 11.7. The molecule has 18 heavy (non-hydrogen) atoms. The van der Waals surface area contributed by atoms with E-state index < -0.39 is 0 Å². The average Bonchev–Trinajstić information content (AvgIpc) is 2.33. The maximum Gasteiger partial charge on any atom is 0.219 e. The van der Waals surface area contributed by atoms with E-state index in [1.807, 2.05) is 19.1 Å². The van der Waals surface area contributed by atoms with Crippen molar-refractivity contribution in [1.29, 1.82) is 0 Å². The molecule has 0 aliphatic carbocycles. The number of hydrogen-bond acceptors (Lipinski definition) is 2. The van der Waals surface area contributed by atoms with E-state index in [1.165, 1.54) is 5.56 Å². The van der Waals surface area contributed by atoms with Gasteiger partial charge < -0.3 is 10.1 Å². The van der Waals surface area contributed by atoms with E-state index in [0.29, 0.717) is 19.6 Å². The number of carbonyl (C=O) groups is 1. The van der Waals surface area contributed by atoms with Gasteiger partial charge in [0.05, 0.1) is 6.54 Å². The lowest BCUT2D eigenvalue weighted by atomic mass is 9.87. The van der Waals surface area contributed by atoms with E-state index in [4.69, 9.17) is 4.74 Å². The summed E-state index contributed by atoms with van der Waals surface area (Å²) >= 11 is 0. The minimum atomic E-state index is 0.0574. The van der Waals surface area contributed by atoms with Gasteiger partial charge in [-0.1, -0.05) is 39.8 Å². The quantitative estimate of drug-likeness (QED) is 0.815. The number of ether oxygens (including phenoxy) is 1. The smallest absolute Gasteiger partial charge is 0.219 e. The van der Waals surface area contributed by atoms with E-state index in [9.17, 15) is 4.79 Å². The monoisotopic (exact) mass is 249 g/mol. The largest absolute Gasteiger partial charge is 0.492 e. The molecule has 3 heteroatoms. The standard InChI is InChI=1S/C15H23NO2/c1-5-14(17)16-9-10-18-13-8-6-7-12(11-13)15(2,3)4/h6-8,11H,5,9-10H2,1-4H3,(H,16,17). The molecule has 1 aromatic rings. The Morgan fingerprint density at radius 2 is 2.06 bits per heavy atom. The van der Waals surface area contributed by atoms with Crippen LogP contribution in [-0.4, -0.2) is 19.1 Å². The predicted molar refractivity (Wildman–Crippen MR) is 73.9 cm³/mol. The van der Waals surface area contributed by atoms with E-state index in [0.717, 1.165) is 5.75 Å². The molecule has 1 amide bonds. The zero-order chi connectivity index (χ0) is 13.6. The third kappa shape index (κ3) is 4.78. The fraction of sp³-hybridized carbons (Fsp3) is 0.533. The maximum absolute atomic E-state index is 11.0. The molecular weight excluding hydrogens is 226 g/mol. The van der Waals surface area contributed by atoms with Crippen molar-refractivity contribution in [2.24, 2.45) is 0 Å². The Labute approximate surface area is 110 Å². The molecule has 100 valence electrons. The van der Waals surface area contributed by atoms with Gasteiger partial charge in [0.2, 0.25) is 5.91 Å². The Morgan fingerprint density at radius 1 is 1.33 bits per heavy atom. The molecule has 0 bridgehead atoms. The lowest BCUT2D eigenvalue weighted by Crippen LogP contribution is -2.27. The van der Waals surface area contributed by atoms with E-state index in [1.54, 1.807) is 0 Å². The lowest BCUT2D eigenvalue weighted by Gasteiger charge is -2.19. The molecular formula is C15H23NO2. The lowest BCUT2D eigenvalue weighted by molar-refractivity contribution is -0.120. The number of carbonyl (C=O) groups excluding carboxylic acids is 1. The first-order valence-electron chi connectivity index (χ1n) is 6.43. The molecule has 3 nitrogen and oxygen atoms in total. The molecule has 1 rings (SSSR count). The molecule has 0 fully saturated rings. The van der Waals surface area contributed by atoms with Gasteiger partial charge >= 0.3 is 0 Å². The number of nitrogens with one attached hydrogen (secondary N) is 1. The summed E-state index contributed by atoms with van der Waals surface area (Å²) in [6.07, 6.45) is 0.513. The van der Waals surface area contributed by atoms with Gasteiger partial charge in [0, 0.05) is 6.42 Å². The first-order chi connectivity index (χ1) is 8.43. The van der Waals surface area contributed by atoms with Crippen molar-refractivity contribution >= 4 is 5.91 Å². The molecule has 1 aromatic carbocycles. The highest BCUT2D eigenvalue weighted by Crippen LogP contribution is 2.25. The zero-order valence-corrected chi connectivity index (χ0v) is 11.7. The van der Waals surface area contributed by atoms with E-state index in [2.05, 4.69) is 38.2 Å². The topological polar surface area (TPSA) is 38.3 Å². The summed E-state index contributed by atoms with van der Waals surface area (Å²) < 4.78 is 5.62. The summed E-state index contributed by atoms with van der Waals surface area (Å²) in [4.78, 5) is 11.0. The minimum absolute atomic E-state index is 0.0574. The van der Waals surface area contributed by atoms with Crippen LogP contribution >= 0.6 is 0 Å². The summed E-state index contributed by atoms with van der Waals surface area (Å²) in [5.41, 5.74) is 1.37. The Bertz CT molecular complexity index is 394. The van der Waals surface area contributed by atoms with Gasteiger partial charge in [0.1, 0.15) is 12.4 Å². The van der Waals surface area contributed by atoms with Crippen LogP contribution in [0, 0.1) is 0 Å². The van der Waals surface area contributed by atoms with Gasteiger partial charge in [0.15, 0.2) is 0 Å². The van der Waals surface area contributed by atoms with Crippen molar-refractivity contribution in [1.82, 2.24) is 5.32 Å². The Hall–Kier alpha value is -1.51. The van der Waals surface area contributed by atoms with Crippen LogP contribution in [0.15, 0.2) is 24.3 Å². The number of amides is 1. The summed E-state index contributed by atoms with van der Waals surface area (Å²) in [5.74, 6) is 0.912. The van der Waals surface area contributed by atoms with Crippen LogP contribution < -0.4 is 10.1 Å². The fourth-order valence-electron chi connectivity index (χ4n) is 1.54. The Balaban J connectivity index is 2.46. The first kappa shape index (κ1) is 14.6. The highest BCUT2D eigenvalue weighted by molar-refractivity contribution is 5.75. The van der Waals surface area contributed by atoms with Crippen molar-refractivity contribution < 1.29 is 9.53 Å². The van der Waals surface area contributed by atoms with Crippen molar-refractivity contribution in [3.05, 3.63) is 29.8 Å². The fourth-order valence-corrected chi connectivity index (χ4v) is 1.54. The number of hydrogen-bond donors (Lipinski definition) is 1. The van der Waals surface area contributed by atoms with Crippen LogP contribution in [0.1, 0.15) is 39.7 Å². The van der Waals surface area contributed by atoms with Crippen LogP contribution in [0.5, 0.6) is 5.75 Å². The number of rotatable bonds is 5. The molecule has 0 atom stereocenters. The summed E-state index contributed by atoms with van der Waals surface area (Å²) in [6, 6.07) is 8.10. The van der Waals surface area contributed by atoms with Gasteiger partial charge in [-0.25, -0.2) is 0 Å². The average molecular weight is 249 g/mol. The summed E-state index contributed by atoms with van der Waals surface area (Å²) in [6.45, 7) is 9.41. The van der Waals surface area contributed by atoms with Gasteiger partial charge in [-0.2, -0.15) is 0 Å². The summed E-state index contributed by atoms with van der Waals surface area (Å²) in [7, 11) is 0. The van der Waals surface area contributed by atoms with Gasteiger partial charge in [0.25, 0.3) is 0 Å². The van der Waals surface area contributed by atoms with Gasteiger partial charge in [-0.05, 0) is 23.1 Å². The first-order valence-corrected chi connectivity index (χ1v) is 6.43. The van der Waals surface area contributed by atoms with E-state index >= 15 is 0 Å². The molecule has 0 unspecified atom stereocenters. The second kappa shape index (κ2) is 6.43. The molecule has 0 saturated heterocycles. The highest BCUT2D eigenvalue weighted by Gasteiger charge is 2.13. The molecule has 0 aliphatic rings. The van der Waals surface area contributed by atoms with Crippen molar-refractivity contribution in [2.75, 3.05) is 13.2 Å². The third-order valence-electron chi connectivity index (χ3n) is 2.71. The number of benzene rings is 1. The molecule has 0 spiro atoms. The van der Waals surface area contributed by atoms with Crippen LogP contribution in [-0.2, 0) is 10.2 Å². The Morgan fingerprint density at radius 3 is 2.67 bits per heavy atom. The van der Waals surface area contributed by atoms with E-state index in [-0.39, 0.29) is 11.3 Å². The summed E-state index contributed by atoms with van der Waals surface area (Å²) in [5, 5.41) is 2.78.